The molecule has 0 saturated carbocycles. The van der Waals surface area contributed by atoms with Crippen molar-refractivity contribution in [2.45, 2.75) is 90.3 Å². The average molecular weight is 567 g/mol. The maximum absolute atomic E-state index is 12.6. The molecule has 0 aromatic carbocycles. The lowest BCUT2D eigenvalue weighted by Crippen LogP contribution is -2.50. The van der Waals surface area contributed by atoms with Crippen LogP contribution in [0.5, 0.6) is 0 Å². The molecular weight excluding hydrogens is 523 g/mol. The minimum atomic E-state index is -2.32. The third kappa shape index (κ3) is 8.42. The summed E-state index contributed by atoms with van der Waals surface area (Å²) in [5.41, 5.74) is -0.463. The molecule has 1 unspecified atom stereocenters. The van der Waals surface area contributed by atoms with Crippen molar-refractivity contribution in [3.63, 3.8) is 0 Å². The van der Waals surface area contributed by atoms with Crippen LogP contribution in [0.25, 0.3) is 0 Å². The van der Waals surface area contributed by atoms with E-state index in [0.29, 0.717) is 6.42 Å². The van der Waals surface area contributed by atoms with Crippen LogP contribution in [-0.2, 0) is 9.22 Å². The number of carboxylic acids is 1. The molecule has 0 aliphatic heterocycles. The highest BCUT2D eigenvalue weighted by atomic mass is 127. The second-order valence-electron chi connectivity index (χ2n) is 10.3. The zero-order valence-corrected chi connectivity index (χ0v) is 23.6. The van der Waals surface area contributed by atoms with Gasteiger partial charge in [-0.2, -0.15) is 0 Å². The molecule has 0 bridgehead atoms. The van der Waals surface area contributed by atoms with Crippen LogP contribution in [0.4, 0.5) is 0 Å². The Balaban J connectivity index is 6.40. The molecule has 3 N–H and O–H groups in total. The zero-order chi connectivity index (χ0) is 24.8. The van der Waals surface area contributed by atoms with E-state index in [1.807, 2.05) is 17.9 Å². The van der Waals surface area contributed by atoms with Crippen molar-refractivity contribution in [2.75, 3.05) is 0 Å². The Labute approximate surface area is 203 Å². The highest BCUT2D eigenvalue weighted by molar-refractivity contribution is 14.1. The minimum absolute atomic E-state index is 0.0723. The molecule has 0 rings (SSSR count). The minimum Gasteiger partial charge on any atom is -0.481 e. The molecule has 0 saturated heterocycles. The summed E-state index contributed by atoms with van der Waals surface area (Å²) >= 11 is 2.14. The fraction of sp³-hybridized carbons (Fsp3) is 0.708. The highest BCUT2D eigenvalue weighted by Gasteiger charge is 2.46. The van der Waals surface area contributed by atoms with E-state index in [9.17, 15) is 20.1 Å². The molecule has 7 heteroatoms. The first-order valence-corrected chi connectivity index (χ1v) is 14.9. The van der Waals surface area contributed by atoms with Gasteiger partial charge in [-0.1, -0.05) is 68.0 Å². The van der Waals surface area contributed by atoms with Gasteiger partial charge in [0.05, 0.1) is 17.6 Å². The zero-order valence-electron chi connectivity index (χ0n) is 20.5. The molecule has 0 aliphatic rings. The lowest BCUT2D eigenvalue weighted by Gasteiger charge is -2.43. The van der Waals surface area contributed by atoms with E-state index in [2.05, 4.69) is 69.6 Å². The van der Waals surface area contributed by atoms with Gasteiger partial charge in [0.1, 0.15) is 6.10 Å². The first kappa shape index (κ1) is 30.5. The number of carboxylic acid groups (broad SMARTS) is 1. The number of allylic oxidation sites excluding steroid dienone is 2. The van der Waals surface area contributed by atoms with E-state index >= 15 is 0 Å². The van der Waals surface area contributed by atoms with E-state index in [1.165, 1.54) is 6.08 Å². The topological polar surface area (TPSA) is 87.0 Å². The Morgan fingerprint density at radius 2 is 1.68 bits per heavy atom. The second kappa shape index (κ2) is 12.1. The molecule has 0 aromatic rings. The van der Waals surface area contributed by atoms with Gasteiger partial charge in [0.2, 0.25) is 0 Å². The molecule has 180 valence electrons. The predicted octanol–water partition coefficient (Wildman–Crippen LogP) is 5.93. The molecular formula is C24H43IO5Si. The van der Waals surface area contributed by atoms with Gasteiger partial charge in [-0.15, -0.1) is 13.2 Å². The monoisotopic (exact) mass is 566 g/mol. The van der Waals surface area contributed by atoms with Gasteiger partial charge in [-0.05, 0) is 54.8 Å². The van der Waals surface area contributed by atoms with Gasteiger partial charge >= 0.3 is 5.97 Å². The SMILES string of the molecule is C=C[C@H](C)[C@H](C(C)=CI)C(C(=O)O)[C@@H](CC[C@@](C)(O)[C@@H](O)C=C)O[Si](C)(C)C(C)(C)C. The number of hydrogen-bond acceptors (Lipinski definition) is 4. The smallest absolute Gasteiger partial charge is 0.309 e. The number of aliphatic hydroxyl groups is 2. The number of aliphatic carboxylic acids is 1. The fourth-order valence-electron chi connectivity index (χ4n) is 3.49. The maximum atomic E-state index is 12.6. The van der Waals surface area contributed by atoms with Crippen LogP contribution in [0.1, 0.15) is 54.4 Å². The molecule has 0 aromatic heterocycles. The lowest BCUT2D eigenvalue weighted by molar-refractivity contribution is -0.148. The summed E-state index contributed by atoms with van der Waals surface area (Å²) in [4.78, 5) is 12.6. The van der Waals surface area contributed by atoms with Crippen LogP contribution in [0.2, 0.25) is 18.1 Å². The summed E-state index contributed by atoms with van der Waals surface area (Å²) in [6.07, 6.45) is 1.83. The number of carbonyl (C=O) groups is 1. The summed E-state index contributed by atoms with van der Waals surface area (Å²) in [5.74, 6) is -2.11. The first-order valence-electron chi connectivity index (χ1n) is 10.8. The Hall–Kier alpha value is -0.483. The van der Waals surface area contributed by atoms with Crippen molar-refractivity contribution in [3.8, 4) is 0 Å². The largest absolute Gasteiger partial charge is 0.481 e. The predicted molar refractivity (Wildman–Crippen MR) is 140 cm³/mol. The van der Waals surface area contributed by atoms with Crippen LogP contribution < -0.4 is 0 Å². The van der Waals surface area contributed by atoms with E-state index < -0.39 is 38.0 Å². The molecule has 5 nitrogen and oxygen atoms in total. The van der Waals surface area contributed by atoms with E-state index in [-0.39, 0.29) is 23.3 Å². The first-order chi connectivity index (χ1) is 14.0. The van der Waals surface area contributed by atoms with Crippen LogP contribution >= 0.6 is 22.6 Å². The van der Waals surface area contributed by atoms with Crippen molar-refractivity contribution in [1.29, 1.82) is 0 Å². The number of rotatable bonds is 13. The van der Waals surface area contributed by atoms with Crippen LogP contribution in [0.15, 0.2) is 35.0 Å². The van der Waals surface area contributed by atoms with Gasteiger partial charge in [0.25, 0.3) is 0 Å². The number of hydrogen-bond donors (Lipinski definition) is 3. The molecule has 6 atom stereocenters. The third-order valence-electron chi connectivity index (χ3n) is 6.76. The van der Waals surface area contributed by atoms with Crippen LogP contribution in [0.3, 0.4) is 0 Å². The summed E-state index contributed by atoms with van der Waals surface area (Å²) in [6.45, 7) is 23.4. The van der Waals surface area contributed by atoms with Gasteiger partial charge in [0.15, 0.2) is 8.32 Å². The average Bonchev–Trinajstić information content (AvgIpc) is 2.66. The standard InChI is InChI=1S/C24H43IO5Si/c1-11-16(3)20(17(4)15-25)21(22(27)28)18(30-31(9,10)23(5,6)7)13-14-24(8,29)19(26)12-2/h11-12,15-16,18-21,26,29H,1-2,13-14H2,3-10H3,(H,27,28)/t16-,18+,19-,20+,21?,24+/m0/s1. The quantitative estimate of drug-likeness (QED) is 0.146. The summed E-state index contributed by atoms with van der Waals surface area (Å²) in [7, 11) is -2.32. The van der Waals surface area contributed by atoms with Crippen molar-refractivity contribution in [2.24, 2.45) is 17.8 Å². The van der Waals surface area contributed by atoms with Gasteiger partial charge in [0, 0.05) is 5.92 Å². The van der Waals surface area contributed by atoms with Crippen molar-refractivity contribution >= 4 is 36.9 Å². The van der Waals surface area contributed by atoms with Crippen molar-refractivity contribution in [1.82, 2.24) is 0 Å². The summed E-state index contributed by atoms with van der Waals surface area (Å²) in [5, 5.41) is 31.1. The lowest BCUT2D eigenvalue weighted by atomic mass is 9.74. The van der Waals surface area contributed by atoms with Crippen LogP contribution in [0, 0.1) is 17.8 Å². The van der Waals surface area contributed by atoms with Crippen LogP contribution in [-0.4, -0.2) is 47.4 Å². The molecule has 0 heterocycles. The molecule has 0 spiro atoms. The second-order valence-corrected chi connectivity index (χ2v) is 15.7. The Morgan fingerprint density at radius 1 is 1.16 bits per heavy atom. The summed E-state index contributed by atoms with van der Waals surface area (Å²) in [6, 6.07) is 0. The normalized spacial score (nSPS) is 20.2. The Kier molecular flexibility index (Phi) is 11.9. The van der Waals surface area contributed by atoms with Crippen molar-refractivity contribution in [3.05, 3.63) is 35.0 Å². The third-order valence-corrected chi connectivity index (χ3v) is 12.2. The number of halogens is 1. The molecule has 0 aliphatic carbocycles. The molecule has 0 amide bonds. The Bertz CT molecular complexity index is 651. The molecule has 31 heavy (non-hydrogen) atoms. The van der Waals surface area contributed by atoms with E-state index in [1.54, 1.807) is 13.0 Å². The maximum Gasteiger partial charge on any atom is 0.309 e. The van der Waals surface area contributed by atoms with E-state index in [4.69, 9.17) is 4.43 Å². The highest BCUT2D eigenvalue weighted by Crippen LogP contribution is 2.42. The fourth-order valence-corrected chi connectivity index (χ4v) is 5.28. The van der Waals surface area contributed by atoms with Gasteiger partial charge in [-0.3, -0.25) is 4.79 Å². The molecule has 0 fully saturated rings. The van der Waals surface area contributed by atoms with Gasteiger partial charge < -0.3 is 19.7 Å². The van der Waals surface area contributed by atoms with Crippen molar-refractivity contribution < 1.29 is 24.5 Å². The van der Waals surface area contributed by atoms with Gasteiger partial charge in [-0.25, -0.2) is 0 Å². The van der Waals surface area contributed by atoms with E-state index in [0.717, 1.165) is 5.57 Å². The molecule has 0 radical (unpaired) electrons. The Morgan fingerprint density at radius 3 is 2.03 bits per heavy atom. The number of aliphatic hydroxyl groups excluding tert-OH is 1. The summed E-state index contributed by atoms with van der Waals surface area (Å²) < 4.78 is 8.60.